The maximum Gasteiger partial charge on any atom is 0.311 e. The Labute approximate surface area is 107 Å². The number of aromatic nitrogens is 2. The molecule has 0 aromatic carbocycles. The molecule has 0 aliphatic carbocycles. The van der Waals surface area contributed by atoms with E-state index in [-0.39, 0.29) is 16.8 Å². The molecule has 0 radical (unpaired) electrons. The molecule has 0 saturated heterocycles. The van der Waals surface area contributed by atoms with Gasteiger partial charge in [-0.1, -0.05) is 0 Å². The van der Waals surface area contributed by atoms with E-state index in [0.717, 1.165) is 0 Å². The third kappa shape index (κ3) is 1.99. The summed E-state index contributed by atoms with van der Waals surface area (Å²) in [4.78, 5) is 29.3. The van der Waals surface area contributed by atoms with Crippen LogP contribution in [0.3, 0.4) is 0 Å². The molecule has 0 amide bonds. The fraction of sp³-hybridized carbons (Fsp3) is 0.250. The van der Waals surface area contributed by atoms with Crippen LogP contribution in [0.25, 0.3) is 10.9 Å². The Morgan fingerprint density at radius 3 is 2.79 bits per heavy atom. The fourth-order valence-corrected chi connectivity index (χ4v) is 1.89. The van der Waals surface area contributed by atoms with E-state index in [0.29, 0.717) is 5.52 Å². The second-order valence-corrected chi connectivity index (χ2v) is 4.02. The number of aromatic hydroxyl groups is 1. The summed E-state index contributed by atoms with van der Waals surface area (Å²) in [5.74, 6) is -2.65. The number of hydrogen-bond donors (Lipinski definition) is 3. The topological polar surface area (TPSA) is 113 Å². The van der Waals surface area contributed by atoms with Crippen LogP contribution < -0.4 is 10.3 Å². The van der Waals surface area contributed by atoms with Crippen molar-refractivity contribution in [3.8, 4) is 11.6 Å². The molecule has 0 spiro atoms. The van der Waals surface area contributed by atoms with E-state index in [2.05, 4.69) is 9.97 Å². The van der Waals surface area contributed by atoms with Gasteiger partial charge in [0.1, 0.15) is 11.1 Å². The quantitative estimate of drug-likeness (QED) is 0.756. The van der Waals surface area contributed by atoms with E-state index >= 15 is 0 Å². The molecule has 3 N–H and O–H groups in total. The summed E-state index contributed by atoms with van der Waals surface area (Å²) >= 11 is 0. The van der Waals surface area contributed by atoms with Gasteiger partial charge >= 0.3 is 5.97 Å². The minimum Gasteiger partial charge on any atom is -0.507 e. The van der Waals surface area contributed by atoms with Crippen LogP contribution in [0.1, 0.15) is 18.4 Å². The predicted octanol–water partition coefficient (Wildman–Crippen LogP) is 0.825. The average Bonchev–Trinajstić information content (AvgIpc) is 2.37. The van der Waals surface area contributed by atoms with Crippen LogP contribution in [0.4, 0.5) is 0 Å². The average molecular weight is 264 g/mol. The summed E-state index contributed by atoms with van der Waals surface area (Å²) in [7, 11) is 1.37. The number of hydrogen-bond acceptors (Lipinski definition) is 5. The second kappa shape index (κ2) is 4.60. The number of H-pyrrole nitrogens is 1. The molecule has 0 aliphatic heterocycles. The lowest BCUT2D eigenvalue weighted by molar-refractivity contribution is -0.138. The molecule has 2 aromatic heterocycles. The van der Waals surface area contributed by atoms with Crippen LogP contribution in [-0.2, 0) is 4.79 Å². The monoisotopic (exact) mass is 264 g/mol. The van der Waals surface area contributed by atoms with Crippen LogP contribution in [0, 0.1) is 0 Å². The molecule has 0 aliphatic rings. The molecule has 1 atom stereocenters. The van der Waals surface area contributed by atoms with E-state index in [1.54, 1.807) is 0 Å². The van der Waals surface area contributed by atoms with Crippen molar-refractivity contribution in [2.24, 2.45) is 0 Å². The summed E-state index contributed by atoms with van der Waals surface area (Å²) in [6, 6.07) is 1.49. The number of nitrogens with zero attached hydrogens (tertiary/aromatic N) is 1. The molecule has 1 unspecified atom stereocenters. The van der Waals surface area contributed by atoms with E-state index in [1.807, 2.05) is 0 Å². The SMILES string of the molecule is COc1nccc2[nH]c(=O)c(C(C)C(=O)O)c(O)c12. The van der Waals surface area contributed by atoms with Crippen molar-refractivity contribution in [2.75, 3.05) is 7.11 Å². The Balaban J connectivity index is 2.87. The molecule has 7 nitrogen and oxygen atoms in total. The Bertz CT molecular complexity index is 707. The first-order valence-corrected chi connectivity index (χ1v) is 5.48. The highest BCUT2D eigenvalue weighted by atomic mass is 16.5. The van der Waals surface area contributed by atoms with Crippen molar-refractivity contribution in [1.29, 1.82) is 0 Å². The van der Waals surface area contributed by atoms with Crippen LogP contribution in [0.2, 0.25) is 0 Å². The maximum atomic E-state index is 11.9. The number of aliphatic carboxylic acids is 1. The standard InChI is InChI=1S/C12H12N2O5/c1-5(12(17)18)7-9(15)8-6(14-10(7)16)3-4-13-11(8)19-2/h3-5H,1-2H3,(H,17,18)(H2,14,15,16). The summed E-state index contributed by atoms with van der Waals surface area (Å²) < 4.78 is 5.00. The first-order valence-electron chi connectivity index (χ1n) is 5.48. The van der Waals surface area contributed by atoms with E-state index in [9.17, 15) is 14.7 Å². The van der Waals surface area contributed by atoms with Crippen molar-refractivity contribution < 1.29 is 19.7 Å². The molecule has 2 aromatic rings. The fourth-order valence-electron chi connectivity index (χ4n) is 1.89. The van der Waals surface area contributed by atoms with Crippen LogP contribution >= 0.6 is 0 Å². The van der Waals surface area contributed by atoms with Crippen LogP contribution in [0.5, 0.6) is 11.6 Å². The Hall–Kier alpha value is -2.57. The van der Waals surface area contributed by atoms with Crippen LogP contribution in [0.15, 0.2) is 17.1 Å². The first kappa shape index (κ1) is 12.9. The van der Waals surface area contributed by atoms with Crippen molar-refractivity contribution in [1.82, 2.24) is 9.97 Å². The lowest BCUT2D eigenvalue weighted by atomic mass is 10.00. The third-order valence-corrected chi connectivity index (χ3v) is 2.90. The molecule has 19 heavy (non-hydrogen) atoms. The first-order chi connectivity index (χ1) is 8.97. The van der Waals surface area contributed by atoms with Gasteiger partial charge in [0, 0.05) is 6.20 Å². The number of carbonyl (C=O) groups is 1. The lowest BCUT2D eigenvalue weighted by Crippen LogP contribution is -2.20. The van der Waals surface area contributed by atoms with Gasteiger partial charge in [-0.05, 0) is 13.0 Å². The van der Waals surface area contributed by atoms with Gasteiger partial charge < -0.3 is 19.9 Å². The molecular formula is C12H12N2O5. The molecule has 0 saturated carbocycles. The van der Waals surface area contributed by atoms with Crippen LogP contribution in [-0.4, -0.2) is 33.3 Å². The van der Waals surface area contributed by atoms with Gasteiger partial charge in [-0.3, -0.25) is 9.59 Å². The van der Waals surface area contributed by atoms with Crippen molar-refractivity contribution in [2.45, 2.75) is 12.8 Å². The molecule has 2 heterocycles. The van der Waals surface area contributed by atoms with Gasteiger partial charge in [0.15, 0.2) is 0 Å². The molecule has 100 valence electrons. The van der Waals surface area contributed by atoms with E-state index < -0.39 is 23.2 Å². The Kier molecular flexibility index (Phi) is 3.12. The zero-order valence-electron chi connectivity index (χ0n) is 10.3. The zero-order chi connectivity index (χ0) is 14.2. The highest BCUT2D eigenvalue weighted by molar-refractivity contribution is 5.91. The Morgan fingerprint density at radius 2 is 2.21 bits per heavy atom. The van der Waals surface area contributed by atoms with Gasteiger partial charge in [-0.25, -0.2) is 4.98 Å². The minimum absolute atomic E-state index is 0.116. The number of ether oxygens (including phenoxy) is 1. The number of methoxy groups -OCH3 is 1. The van der Waals surface area contributed by atoms with Gasteiger partial charge in [0.05, 0.1) is 24.1 Å². The zero-order valence-corrected chi connectivity index (χ0v) is 10.3. The summed E-state index contributed by atoms with van der Waals surface area (Å²) in [5, 5.41) is 19.3. The van der Waals surface area contributed by atoms with Gasteiger partial charge in [0.2, 0.25) is 5.88 Å². The number of rotatable bonds is 3. The number of pyridine rings is 2. The smallest absolute Gasteiger partial charge is 0.311 e. The van der Waals surface area contributed by atoms with Crippen molar-refractivity contribution >= 4 is 16.9 Å². The third-order valence-electron chi connectivity index (χ3n) is 2.90. The Morgan fingerprint density at radius 1 is 1.53 bits per heavy atom. The summed E-state index contributed by atoms with van der Waals surface area (Å²) in [6.07, 6.45) is 1.41. The highest BCUT2D eigenvalue weighted by Gasteiger charge is 2.24. The van der Waals surface area contributed by atoms with E-state index in [4.69, 9.17) is 9.84 Å². The molecule has 0 bridgehead atoms. The van der Waals surface area contributed by atoms with Gasteiger partial charge in [-0.15, -0.1) is 0 Å². The predicted molar refractivity (Wildman–Crippen MR) is 66.6 cm³/mol. The largest absolute Gasteiger partial charge is 0.507 e. The molecule has 0 fully saturated rings. The maximum absolute atomic E-state index is 11.9. The number of fused-ring (bicyclic) bond motifs is 1. The normalized spacial score (nSPS) is 12.3. The summed E-state index contributed by atoms with van der Waals surface area (Å²) in [6.45, 7) is 1.32. The number of aromatic amines is 1. The minimum atomic E-state index is -1.21. The number of nitrogens with one attached hydrogen (secondary N) is 1. The molecular weight excluding hydrogens is 252 g/mol. The van der Waals surface area contributed by atoms with Crippen molar-refractivity contribution in [3.05, 3.63) is 28.2 Å². The number of carboxylic acid groups (broad SMARTS) is 1. The highest BCUT2D eigenvalue weighted by Crippen LogP contribution is 2.34. The molecule has 7 heteroatoms. The van der Waals surface area contributed by atoms with Crippen molar-refractivity contribution in [3.63, 3.8) is 0 Å². The second-order valence-electron chi connectivity index (χ2n) is 4.02. The summed E-state index contributed by atoms with van der Waals surface area (Å²) in [5.41, 5.74) is -0.532. The lowest BCUT2D eigenvalue weighted by Gasteiger charge is -2.12. The van der Waals surface area contributed by atoms with E-state index in [1.165, 1.54) is 26.3 Å². The van der Waals surface area contributed by atoms with Gasteiger partial charge in [0.25, 0.3) is 5.56 Å². The molecule has 2 rings (SSSR count). The number of carboxylic acids is 1. The van der Waals surface area contributed by atoms with Gasteiger partial charge in [-0.2, -0.15) is 0 Å².